The standard InChI is InChI=1S/C27H29ClN6O7/c28-17-4-7-20(29-15-17)31-26(37)25-24(32-21(35)3-1-2-8-33-9-14-40-16-22(33)36)23-19(41-25)6-5-18(30-23)27(38)34-10-12-39-13-11-34/h4-7,15H,1-3,8-14,16H2,(H,32,35)(H,29,31,37). The summed E-state index contributed by atoms with van der Waals surface area (Å²) < 4.78 is 16.3. The number of anilines is 2. The maximum Gasteiger partial charge on any atom is 0.294 e. The Bertz CT molecular complexity index is 1440. The van der Waals surface area contributed by atoms with Crippen LogP contribution in [0.15, 0.2) is 34.9 Å². The summed E-state index contributed by atoms with van der Waals surface area (Å²) in [6.07, 6.45) is 2.65. The van der Waals surface area contributed by atoms with Crippen LogP contribution in [0.3, 0.4) is 0 Å². The van der Waals surface area contributed by atoms with E-state index in [-0.39, 0.29) is 64.8 Å². The Hall–Kier alpha value is -4.07. The van der Waals surface area contributed by atoms with Gasteiger partial charge in [0.2, 0.25) is 17.6 Å². The highest BCUT2D eigenvalue weighted by Gasteiger charge is 2.27. The first-order valence-electron chi connectivity index (χ1n) is 13.3. The number of hydrogen-bond donors (Lipinski definition) is 2. The summed E-state index contributed by atoms with van der Waals surface area (Å²) >= 11 is 5.89. The Kier molecular flexibility index (Phi) is 9.07. The second kappa shape index (κ2) is 13.1. The second-order valence-corrected chi connectivity index (χ2v) is 9.94. The highest BCUT2D eigenvalue weighted by Crippen LogP contribution is 2.31. The van der Waals surface area contributed by atoms with Gasteiger partial charge in [-0.2, -0.15) is 0 Å². The van der Waals surface area contributed by atoms with E-state index >= 15 is 0 Å². The summed E-state index contributed by atoms with van der Waals surface area (Å²) in [6, 6.07) is 6.16. The molecule has 0 unspecified atom stereocenters. The molecular weight excluding hydrogens is 556 g/mol. The van der Waals surface area contributed by atoms with Gasteiger partial charge in [-0.15, -0.1) is 0 Å². The monoisotopic (exact) mass is 584 g/mol. The average Bonchev–Trinajstić information content (AvgIpc) is 3.35. The fourth-order valence-electron chi connectivity index (χ4n) is 4.50. The van der Waals surface area contributed by atoms with Gasteiger partial charge in [0, 0.05) is 38.8 Å². The largest absolute Gasteiger partial charge is 0.447 e. The zero-order chi connectivity index (χ0) is 28.8. The Morgan fingerprint density at radius 3 is 2.54 bits per heavy atom. The van der Waals surface area contributed by atoms with Gasteiger partial charge in [0.05, 0.1) is 24.8 Å². The third-order valence-electron chi connectivity index (χ3n) is 6.66. The molecule has 0 saturated carbocycles. The van der Waals surface area contributed by atoms with E-state index in [1.54, 1.807) is 21.9 Å². The zero-order valence-corrected chi connectivity index (χ0v) is 22.9. The first-order chi connectivity index (χ1) is 19.9. The molecule has 2 aliphatic rings. The van der Waals surface area contributed by atoms with Gasteiger partial charge in [-0.25, -0.2) is 9.97 Å². The SMILES string of the molecule is O=C(CCCCN1CCOCC1=O)Nc1c(C(=O)Nc2ccc(Cl)cn2)oc2ccc(C(=O)N3CCOCC3)nc12. The lowest BCUT2D eigenvalue weighted by Crippen LogP contribution is -2.42. The molecule has 0 spiro atoms. The van der Waals surface area contributed by atoms with Crippen LogP contribution >= 0.6 is 11.6 Å². The molecule has 3 aromatic rings. The Labute approximate surface area is 240 Å². The smallest absolute Gasteiger partial charge is 0.294 e. The summed E-state index contributed by atoms with van der Waals surface area (Å²) in [5, 5.41) is 5.79. The van der Waals surface area contributed by atoms with Crippen LogP contribution < -0.4 is 10.6 Å². The molecule has 2 fully saturated rings. The number of hydrogen-bond acceptors (Lipinski definition) is 9. The van der Waals surface area contributed by atoms with E-state index < -0.39 is 5.91 Å². The van der Waals surface area contributed by atoms with Crippen molar-refractivity contribution < 1.29 is 33.1 Å². The van der Waals surface area contributed by atoms with Gasteiger partial charge in [-0.05, 0) is 37.1 Å². The lowest BCUT2D eigenvalue weighted by atomic mass is 10.2. The van der Waals surface area contributed by atoms with Crippen LogP contribution in [0, 0.1) is 0 Å². The van der Waals surface area contributed by atoms with Crippen molar-refractivity contribution in [1.82, 2.24) is 19.8 Å². The molecule has 0 radical (unpaired) electrons. The summed E-state index contributed by atoms with van der Waals surface area (Å²) in [4.78, 5) is 63.1. The van der Waals surface area contributed by atoms with Crippen LogP contribution in [-0.4, -0.2) is 96.0 Å². The predicted octanol–water partition coefficient (Wildman–Crippen LogP) is 2.57. The van der Waals surface area contributed by atoms with Crippen molar-refractivity contribution in [1.29, 1.82) is 0 Å². The van der Waals surface area contributed by atoms with E-state index in [1.165, 1.54) is 18.3 Å². The van der Waals surface area contributed by atoms with E-state index in [2.05, 4.69) is 20.6 Å². The van der Waals surface area contributed by atoms with E-state index in [0.29, 0.717) is 63.9 Å². The molecule has 0 aromatic carbocycles. The van der Waals surface area contributed by atoms with Crippen molar-refractivity contribution in [2.75, 3.05) is 63.2 Å². The molecular formula is C27H29ClN6O7. The number of aromatic nitrogens is 2. The highest BCUT2D eigenvalue weighted by atomic mass is 35.5. The van der Waals surface area contributed by atoms with Crippen molar-refractivity contribution in [3.8, 4) is 0 Å². The van der Waals surface area contributed by atoms with Crippen molar-refractivity contribution in [3.63, 3.8) is 0 Å². The van der Waals surface area contributed by atoms with Crippen molar-refractivity contribution >= 4 is 57.8 Å². The number of nitrogens with zero attached hydrogens (tertiary/aromatic N) is 4. The number of halogens is 1. The molecule has 5 rings (SSSR count). The molecule has 0 bridgehead atoms. The number of ether oxygens (including phenoxy) is 2. The molecule has 3 aromatic heterocycles. The van der Waals surface area contributed by atoms with Gasteiger partial charge in [-0.3, -0.25) is 19.2 Å². The lowest BCUT2D eigenvalue weighted by Gasteiger charge is -2.26. The summed E-state index contributed by atoms with van der Waals surface area (Å²) in [7, 11) is 0. The fourth-order valence-corrected chi connectivity index (χ4v) is 4.61. The van der Waals surface area contributed by atoms with Crippen LogP contribution in [0.2, 0.25) is 5.02 Å². The number of pyridine rings is 2. The van der Waals surface area contributed by atoms with Crippen molar-refractivity contribution in [2.24, 2.45) is 0 Å². The normalized spacial score (nSPS) is 15.7. The van der Waals surface area contributed by atoms with Crippen LogP contribution in [0.25, 0.3) is 11.1 Å². The molecule has 2 saturated heterocycles. The van der Waals surface area contributed by atoms with E-state index in [0.717, 1.165) is 0 Å². The number of amides is 4. The highest BCUT2D eigenvalue weighted by molar-refractivity contribution is 6.30. The molecule has 4 amide bonds. The third-order valence-corrected chi connectivity index (χ3v) is 6.88. The Morgan fingerprint density at radius 1 is 0.976 bits per heavy atom. The van der Waals surface area contributed by atoms with Gasteiger partial charge < -0.3 is 34.3 Å². The Morgan fingerprint density at radius 2 is 1.78 bits per heavy atom. The molecule has 41 heavy (non-hydrogen) atoms. The molecule has 0 aliphatic carbocycles. The maximum atomic E-state index is 13.2. The van der Waals surface area contributed by atoms with Gasteiger partial charge >= 0.3 is 0 Å². The number of rotatable bonds is 9. The van der Waals surface area contributed by atoms with Crippen LogP contribution in [0.1, 0.15) is 40.3 Å². The molecule has 216 valence electrons. The minimum atomic E-state index is -0.667. The molecule has 14 heteroatoms. The maximum absolute atomic E-state index is 13.2. The predicted molar refractivity (Wildman–Crippen MR) is 148 cm³/mol. The van der Waals surface area contributed by atoms with Crippen molar-refractivity contribution in [2.45, 2.75) is 19.3 Å². The third kappa shape index (κ3) is 6.99. The van der Waals surface area contributed by atoms with Gasteiger partial charge in [0.1, 0.15) is 29.3 Å². The Balaban J connectivity index is 1.34. The van der Waals surface area contributed by atoms with Crippen LogP contribution in [0.4, 0.5) is 11.5 Å². The molecule has 5 heterocycles. The molecule has 2 N–H and O–H groups in total. The minimum Gasteiger partial charge on any atom is -0.447 e. The van der Waals surface area contributed by atoms with Crippen molar-refractivity contribution in [3.05, 3.63) is 46.9 Å². The first-order valence-corrected chi connectivity index (χ1v) is 13.7. The van der Waals surface area contributed by atoms with E-state index in [4.69, 9.17) is 25.5 Å². The summed E-state index contributed by atoms with van der Waals surface area (Å²) in [5.74, 6) is -1.35. The van der Waals surface area contributed by atoms with Gasteiger partial charge in [-0.1, -0.05) is 11.6 Å². The molecule has 2 aliphatic heterocycles. The zero-order valence-electron chi connectivity index (χ0n) is 22.2. The van der Waals surface area contributed by atoms with Gasteiger partial charge in [0.25, 0.3) is 11.8 Å². The number of carbonyl (C=O) groups is 4. The van der Waals surface area contributed by atoms with E-state index in [1.807, 2.05) is 0 Å². The molecule has 0 atom stereocenters. The average molecular weight is 585 g/mol. The minimum absolute atomic E-state index is 0.0523. The number of nitrogens with one attached hydrogen (secondary N) is 2. The summed E-state index contributed by atoms with van der Waals surface area (Å²) in [6.45, 7) is 3.38. The number of fused-ring (bicyclic) bond motifs is 1. The number of morpholine rings is 2. The fraction of sp³-hybridized carbons (Fsp3) is 0.407. The topological polar surface area (TPSA) is 156 Å². The van der Waals surface area contributed by atoms with Crippen LogP contribution in [0.5, 0.6) is 0 Å². The van der Waals surface area contributed by atoms with Gasteiger partial charge in [0.15, 0.2) is 5.58 Å². The summed E-state index contributed by atoms with van der Waals surface area (Å²) in [5.41, 5.74) is 0.595. The lowest BCUT2D eigenvalue weighted by molar-refractivity contribution is -0.142. The quantitative estimate of drug-likeness (QED) is 0.361. The number of furan rings is 1. The number of carbonyl (C=O) groups excluding carboxylic acids is 4. The van der Waals surface area contributed by atoms with E-state index in [9.17, 15) is 19.2 Å². The number of unbranched alkanes of at least 4 members (excludes halogenated alkanes) is 1. The second-order valence-electron chi connectivity index (χ2n) is 9.51. The first kappa shape index (κ1) is 28.5. The molecule has 13 nitrogen and oxygen atoms in total. The van der Waals surface area contributed by atoms with Crippen LogP contribution in [-0.2, 0) is 19.1 Å².